The molecule has 14 heteroatoms. The molecule has 3 N–H and O–H groups in total. The minimum Gasteiger partial charge on any atom is -0.485 e. The fourth-order valence-corrected chi connectivity index (χ4v) is 6.66. The number of aromatic amines is 1. The smallest absolute Gasteiger partial charge is 0.247 e. The van der Waals surface area contributed by atoms with Gasteiger partial charge in [0.05, 0.1) is 22.9 Å². The van der Waals surface area contributed by atoms with Crippen LogP contribution < -0.4 is 15.4 Å². The number of hydrogen-bond donors (Lipinski definition) is 3. The Morgan fingerprint density at radius 2 is 2.13 bits per heavy atom. The number of nitrogens with one attached hydrogen (secondary N) is 3. The second kappa shape index (κ2) is 9.29. The van der Waals surface area contributed by atoms with Crippen LogP contribution in [0.5, 0.6) is 5.75 Å². The first-order valence-electron chi connectivity index (χ1n) is 12.4. The highest BCUT2D eigenvalue weighted by Gasteiger charge is 2.44. The first-order valence-corrected chi connectivity index (χ1v) is 13.9. The molecule has 12 nitrogen and oxygen atoms in total. The molecule has 0 saturated carbocycles. The first kappa shape index (κ1) is 24.7. The standard InChI is InChI=1S/C24H28FN9O3S/c1-15(2)37-21-20(16-10-28-29-11-16)27-14-34-22(21)31-23(32-34)30-19-4-3-17(9-18(19)25)38(35,36)33-8-6-24(13-33)5-7-26-12-24/h3-4,9-11,14-15,26H,5-8,12-13H2,1-2H3,(H,28,29)(H,30,32). The molecule has 1 spiro atoms. The van der Waals surface area contributed by atoms with Crippen molar-refractivity contribution in [1.82, 2.24) is 39.4 Å². The van der Waals surface area contributed by atoms with Crippen LogP contribution in [0.15, 0.2) is 41.8 Å². The van der Waals surface area contributed by atoms with E-state index in [0.29, 0.717) is 30.2 Å². The van der Waals surface area contributed by atoms with Crippen LogP contribution in [0.3, 0.4) is 0 Å². The maximum absolute atomic E-state index is 15.1. The van der Waals surface area contributed by atoms with Crippen LogP contribution in [0.1, 0.15) is 26.7 Å². The van der Waals surface area contributed by atoms with Crippen LogP contribution in [0.25, 0.3) is 16.9 Å². The molecule has 3 aromatic heterocycles. The minimum atomic E-state index is -3.81. The third kappa shape index (κ3) is 4.37. The number of aromatic nitrogens is 6. The Morgan fingerprint density at radius 1 is 1.26 bits per heavy atom. The lowest BCUT2D eigenvalue weighted by Crippen LogP contribution is -2.33. The maximum atomic E-state index is 15.1. The molecule has 1 unspecified atom stereocenters. The molecular formula is C24H28FN9O3S. The summed E-state index contributed by atoms with van der Waals surface area (Å²) in [6, 6.07) is 3.83. The number of rotatable bonds is 7. The van der Waals surface area contributed by atoms with E-state index in [4.69, 9.17) is 4.74 Å². The molecule has 5 heterocycles. The van der Waals surface area contributed by atoms with Crippen molar-refractivity contribution in [3.63, 3.8) is 0 Å². The number of nitrogens with zero attached hydrogens (tertiary/aromatic N) is 6. The van der Waals surface area contributed by atoms with Crippen molar-refractivity contribution in [1.29, 1.82) is 0 Å². The van der Waals surface area contributed by atoms with Gasteiger partial charge in [0.15, 0.2) is 5.75 Å². The molecular weight excluding hydrogens is 513 g/mol. The Bertz CT molecular complexity index is 1580. The van der Waals surface area contributed by atoms with Gasteiger partial charge in [0, 0.05) is 31.4 Å². The van der Waals surface area contributed by atoms with Crippen molar-refractivity contribution < 1.29 is 17.5 Å². The molecule has 6 rings (SSSR count). The summed E-state index contributed by atoms with van der Waals surface area (Å²) >= 11 is 0. The first-order chi connectivity index (χ1) is 18.2. The average Bonchev–Trinajstić information content (AvgIpc) is 3.69. The number of H-pyrrole nitrogens is 1. The van der Waals surface area contributed by atoms with Gasteiger partial charge < -0.3 is 15.4 Å². The Hall–Kier alpha value is -3.62. The zero-order chi connectivity index (χ0) is 26.5. The van der Waals surface area contributed by atoms with Crippen LogP contribution in [0.2, 0.25) is 0 Å². The van der Waals surface area contributed by atoms with E-state index in [-0.39, 0.29) is 28.1 Å². The van der Waals surface area contributed by atoms with Crippen LogP contribution in [-0.4, -0.2) is 74.8 Å². The van der Waals surface area contributed by atoms with Crippen molar-refractivity contribution in [3.05, 3.63) is 42.7 Å². The summed E-state index contributed by atoms with van der Waals surface area (Å²) in [6.45, 7) is 6.36. The van der Waals surface area contributed by atoms with Crippen LogP contribution in [-0.2, 0) is 10.0 Å². The second-order valence-electron chi connectivity index (χ2n) is 10.1. The van der Waals surface area contributed by atoms with E-state index in [0.717, 1.165) is 37.6 Å². The number of anilines is 2. The summed E-state index contributed by atoms with van der Waals surface area (Å²) < 4.78 is 50.5. The monoisotopic (exact) mass is 541 g/mol. The van der Waals surface area contributed by atoms with Gasteiger partial charge in [-0.2, -0.15) is 18.9 Å². The lowest BCUT2D eigenvalue weighted by atomic mass is 9.87. The van der Waals surface area contributed by atoms with Crippen molar-refractivity contribution in [2.24, 2.45) is 5.41 Å². The van der Waals surface area contributed by atoms with Gasteiger partial charge in [-0.3, -0.25) is 5.10 Å². The lowest BCUT2D eigenvalue weighted by Gasteiger charge is -2.22. The predicted molar refractivity (Wildman–Crippen MR) is 137 cm³/mol. The highest BCUT2D eigenvalue weighted by atomic mass is 32.2. The average molecular weight is 542 g/mol. The summed E-state index contributed by atoms with van der Waals surface area (Å²) in [5, 5.41) is 17.2. The zero-order valence-corrected chi connectivity index (χ0v) is 21.8. The van der Waals surface area contributed by atoms with Gasteiger partial charge in [0.1, 0.15) is 17.8 Å². The molecule has 4 aromatic rings. The number of hydrogen-bond acceptors (Lipinski definition) is 9. The summed E-state index contributed by atoms with van der Waals surface area (Å²) in [4.78, 5) is 8.86. The van der Waals surface area contributed by atoms with E-state index in [9.17, 15) is 8.42 Å². The lowest BCUT2D eigenvalue weighted by molar-refractivity contribution is 0.244. The molecule has 200 valence electrons. The highest BCUT2D eigenvalue weighted by molar-refractivity contribution is 7.89. The van der Waals surface area contributed by atoms with Crippen molar-refractivity contribution in [2.75, 3.05) is 31.5 Å². The van der Waals surface area contributed by atoms with Gasteiger partial charge >= 0.3 is 0 Å². The predicted octanol–water partition coefficient (Wildman–Crippen LogP) is 2.56. The van der Waals surface area contributed by atoms with Crippen LogP contribution >= 0.6 is 0 Å². The Kier molecular flexibility index (Phi) is 6.04. The Morgan fingerprint density at radius 3 is 2.84 bits per heavy atom. The molecule has 2 aliphatic heterocycles. The van der Waals surface area contributed by atoms with E-state index >= 15 is 4.39 Å². The third-order valence-electron chi connectivity index (χ3n) is 7.03. The second-order valence-corrected chi connectivity index (χ2v) is 12.0. The fraction of sp³-hybridized carbons (Fsp3) is 0.417. The van der Waals surface area contributed by atoms with Crippen molar-refractivity contribution >= 4 is 27.3 Å². The van der Waals surface area contributed by atoms with E-state index in [2.05, 4.69) is 35.9 Å². The molecule has 2 aliphatic rings. The quantitative estimate of drug-likeness (QED) is 0.322. The van der Waals surface area contributed by atoms with Gasteiger partial charge in [-0.1, -0.05) is 0 Å². The number of benzene rings is 1. The molecule has 0 amide bonds. The number of halogens is 1. The highest BCUT2D eigenvalue weighted by Crippen LogP contribution is 2.39. The normalized spacial score (nSPS) is 20.2. The minimum absolute atomic E-state index is 0.0215. The summed E-state index contributed by atoms with van der Waals surface area (Å²) in [5.41, 5.74) is 1.67. The largest absolute Gasteiger partial charge is 0.485 e. The Labute approximate surface area is 218 Å². The molecule has 0 aliphatic carbocycles. The van der Waals surface area contributed by atoms with E-state index in [1.165, 1.54) is 27.3 Å². The topological polar surface area (TPSA) is 142 Å². The molecule has 38 heavy (non-hydrogen) atoms. The van der Waals surface area contributed by atoms with E-state index in [1.807, 2.05) is 13.8 Å². The van der Waals surface area contributed by atoms with Gasteiger partial charge in [-0.15, -0.1) is 5.10 Å². The summed E-state index contributed by atoms with van der Waals surface area (Å²) in [5.74, 6) is -0.209. The van der Waals surface area contributed by atoms with Crippen molar-refractivity contribution in [2.45, 2.75) is 37.7 Å². The third-order valence-corrected chi connectivity index (χ3v) is 8.87. The zero-order valence-electron chi connectivity index (χ0n) is 21.0. The molecule has 1 aromatic carbocycles. The van der Waals surface area contributed by atoms with E-state index < -0.39 is 15.8 Å². The number of fused-ring (bicyclic) bond motifs is 1. The number of ether oxygens (including phenoxy) is 1. The fourth-order valence-electron chi connectivity index (χ4n) is 5.09. The van der Waals surface area contributed by atoms with Gasteiger partial charge in [0.2, 0.25) is 21.6 Å². The van der Waals surface area contributed by atoms with Gasteiger partial charge in [-0.25, -0.2) is 17.8 Å². The SMILES string of the molecule is CC(C)Oc1c(-c2cn[nH]c2)ncn2nc(Nc3ccc(S(=O)(=O)N4CCC5(CCNC5)C4)cc3F)nc12. The van der Waals surface area contributed by atoms with Crippen molar-refractivity contribution in [3.8, 4) is 17.0 Å². The Balaban J connectivity index is 1.27. The molecule has 2 saturated heterocycles. The van der Waals surface area contributed by atoms with Gasteiger partial charge in [-0.05, 0) is 56.8 Å². The maximum Gasteiger partial charge on any atom is 0.247 e. The van der Waals surface area contributed by atoms with E-state index in [1.54, 1.807) is 12.4 Å². The van der Waals surface area contributed by atoms with Gasteiger partial charge in [0.25, 0.3) is 0 Å². The molecule has 0 bridgehead atoms. The molecule has 0 radical (unpaired) electrons. The molecule has 1 atom stereocenters. The van der Waals surface area contributed by atoms with Crippen LogP contribution in [0, 0.1) is 11.2 Å². The van der Waals surface area contributed by atoms with Crippen LogP contribution in [0.4, 0.5) is 16.0 Å². The summed E-state index contributed by atoms with van der Waals surface area (Å²) in [6.07, 6.45) is 6.39. The number of sulfonamides is 1. The molecule has 2 fully saturated rings. The summed E-state index contributed by atoms with van der Waals surface area (Å²) in [7, 11) is -3.81.